The second-order valence-electron chi connectivity index (χ2n) is 16.2. The minimum absolute atomic E-state index is 0.121. The fourth-order valence-electron chi connectivity index (χ4n) is 7.03. The maximum Gasteiger partial charge on any atom is 0.306 e. The van der Waals surface area contributed by atoms with E-state index in [-0.39, 0.29) is 19.2 Å². The van der Waals surface area contributed by atoms with Crippen molar-refractivity contribution >= 4 is 5.97 Å². The van der Waals surface area contributed by atoms with Crippen LogP contribution in [0.1, 0.15) is 194 Å². The molecule has 1 saturated heterocycles. The molecule has 1 aliphatic heterocycles. The molecule has 0 saturated carbocycles. The predicted octanol–water partition coefficient (Wildman–Crippen LogP) is 10.9. The lowest BCUT2D eigenvalue weighted by molar-refractivity contribution is -0.305. The molecule has 9 heteroatoms. The van der Waals surface area contributed by atoms with Crippen LogP contribution >= 0.6 is 0 Å². The topological polar surface area (TPSA) is 135 Å². The van der Waals surface area contributed by atoms with Crippen LogP contribution in [0, 0.1) is 0 Å². The Kier molecular flexibility index (Phi) is 37.9. The summed E-state index contributed by atoms with van der Waals surface area (Å²) in [4.78, 5) is 12.8. The second-order valence-corrected chi connectivity index (χ2v) is 16.2. The molecule has 338 valence electrons. The lowest BCUT2D eigenvalue weighted by Gasteiger charge is -2.39. The van der Waals surface area contributed by atoms with Crippen LogP contribution in [-0.2, 0) is 23.7 Å². The van der Waals surface area contributed by atoms with Crippen molar-refractivity contribution in [1.29, 1.82) is 0 Å². The van der Waals surface area contributed by atoms with Gasteiger partial charge in [0.15, 0.2) is 6.29 Å². The van der Waals surface area contributed by atoms with E-state index in [0.29, 0.717) is 13.0 Å². The molecule has 0 bridgehead atoms. The summed E-state index contributed by atoms with van der Waals surface area (Å²) in [5.74, 6) is -0.331. The zero-order valence-electron chi connectivity index (χ0n) is 37.0. The maximum atomic E-state index is 12.8. The smallest absolute Gasteiger partial charge is 0.306 e. The first-order valence-electron chi connectivity index (χ1n) is 23.7. The van der Waals surface area contributed by atoms with Gasteiger partial charge in [0, 0.05) is 13.0 Å². The fourth-order valence-corrected chi connectivity index (χ4v) is 7.03. The van der Waals surface area contributed by atoms with E-state index in [1.54, 1.807) is 0 Å². The summed E-state index contributed by atoms with van der Waals surface area (Å²) in [6.07, 6.45) is 42.8. The molecule has 0 aromatic heterocycles. The van der Waals surface area contributed by atoms with Gasteiger partial charge in [0.25, 0.3) is 0 Å². The standard InChI is InChI=1S/C49H88O9/c1-3-5-7-9-11-13-15-17-19-20-21-22-23-25-27-29-31-33-35-37-39-55-41-43(42-56-49-48(54)47(53)46(52)44(40-50)58-49)57-45(51)38-36-34-32-30-28-26-24-18-16-14-12-10-8-6-4-2/h6,8,12,14,17-19,24,43-44,46-50,52-54H,3-5,7,9-11,13,15-16,20-23,25-42H2,1-2H3/b8-6-,14-12-,19-17-,24-18-. The quantitative estimate of drug-likeness (QED) is 0.0271. The Morgan fingerprint density at radius 3 is 1.60 bits per heavy atom. The molecule has 6 atom stereocenters. The van der Waals surface area contributed by atoms with Crippen molar-refractivity contribution in [2.45, 2.75) is 230 Å². The number of unbranched alkanes of at least 4 members (excludes halogenated alkanes) is 21. The number of carbonyl (C=O) groups is 1. The van der Waals surface area contributed by atoms with Crippen LogP contribution in [0.4, 0.5) is 0 Å². The lowest BCUT2D eigenvalue weighted by Crippen LogP contribution is -2.59. The third-order valence-electron chi connectivity index (χ3n) is 10.7. The highest BCUT2D eigenvalue weighted by Gasteiger charge is 2.44. The molecule has 1 rings (SSSR count). The van der Waals surface area contributed by atoms with Crippen molar-refractivity contribution in [3.8, 4) is 0 Å². The van der Waals surface area contributed by atoms with Crippen LogP contribution in [0.25, 0.3) is 0 Å². The summed E-state index contributed by atoms with van der Waals surface area (Å²) in [5.41, 5.74) is 0. The number of rotatable bonds is 40. The molecule has 1 fully saturated rings. The number of aliphatic hydroxyl groups excluding tert-OH is 4. The van der Waals surface area contributed by atoms with Gasteiger partial charge in [-0.2, -0.15) is 0 Å². The average molecular weight is 821 g/mol. The molecular formula is C49H88O9. The fraction of sp³-hybridized carbons (Fsp3) is 0.816. The van der Waals surface area contributed by atoms with E-state index in [2.05, 4.69) is 62.5 Å². The number of esters is 1. The number of hydrogen-bond acceptors (Lipinski definition) is 9. The van der Waals surface area contributed by atoms with Crippen LogP contribution in [0.15, 0.2) is 48.6 Å². The van der Waals surface area contributed by atoms with Gasteiger partial charge in [-0.3, -0.25) is 4.79 Å². The number of carbonyl (C=O) groups excluding carboxylic acids is 1. The largest absolute Gasteiger partial charge is 0.457 e. The van der Waals surface area contributed by atoms with Gasteiger partial charge in [-0.25, -0.2) is 0 Å². The average Bonchev–Trinajstić information content (AvgIpc) is 3.22. The Bertz CT molecular complexity index is 1030. The van der Waals surface area contributed by atoms with Crippen molar-refractivity contribution in [1.82, 2.24) is 0 Å². The van der Waals surface area contributed by atoms with Gasteiger partial charge >= 0.3 is 5.97 Å². The molecule has 0 aromatic carbocycles. The molecule has 0 spiro atoms. The monoisotopic (exact) mass is 821 g/mol. The SMILES string of the molecule is CC/C=C\C/C=C\C/C=C\CCCCCCCC(=O)OC(COCCCCCCCCCCCC/C=C\CCCCCCCC)COC1OC(CO)C(O)C(O)C1O. The Balaban J connectivity index is 2.24. The van der Waals surface area contributed by atoms with Crippen LogP contribution in [0.5, 0.6) is 0 Å². The minimum Gasteiger partial charge on any atom is -0.457 e. The van der Waals surface area contributed by atoms with Gasteiger partial charge in [0.05, 0.1) is 19.8 Å². The zero-order chi connectivity index (χ0) is 42.2. The molecule has 0 aromatic rings. The third kappa shape index (κ3) is 31.1. The Hall–Kier alpha value is -1.85. The summed E-state index contributed by atoms with van der Waals surface area (Å²) in [6, 6.07) is 0. The highest BCUT2D eigenvalue weighted by atomic mass is 16.7. The van der Waals surface area contributed by atoms with Crippen molar-refractivity contribution in [2.75, 3.05) is 26.4 Å². The molecule has 0 amide bonds. The summed E-state index contributed by atoms with van der Waals surface area (Å²) in [6.45, 7) is 4.43. The van der Waals surface area contributed by atoms with E-state index >= 15 is 0 Å². The molecule has 0 aliphatic carbocycles. The minimum atomic E-state index is -1.54. The Morgan fingerprint density at radius 2 is 1.05 bits per heavy atom. The molecule has 1 aliphatic rings. The molecule has 6 unspecified atom stereocenters. The van der Waals surface area contributed by atoms with Crippen molar-refractivity contribution in [3.05, 3.63) is 48.6 Å². The highest BCUT2D eigenvalue weighted by molar-refractivity contribution is 5.69. The van der Waals surface area contributed by atoms with Crippen LogP contribution in [-0.4, -0.2) is 89.6 Å². The summed E-state index contributed by atoms with van der Waals surface area (Å²) in [7, 11) is 0. The lowest BCUT2D eigenvalue weighted by atomic mass is 9.99. The van der Waals surface area contributed by atoms with Crippen molar-refractivity contribution in [3.63, 3.8) is 0 Å². The van der Waals surface area contributed by atoms with Gasteiger partial charge in [0.2, 0.25) is 0 Å². The molecular weight excluding hydrogens is 733 g/mol. The van der Waals surface area contributed by atoms with Gasteiger partial charge in [-0.1, -0.05) is 165 Å². The molecule has 0 radical (unpaired) electrons. The molecule has 4 N–H and O–H groups in total. The Labute approximate surface area is 354 Å². The highest BCUT2D eigenvalue weighted by Crippen LogP contribution is 2.22. The van der Waals surface area contributed by atoms with Crippen LogP contribution in [0.3, 0.4) is 0 Å². The van der Waals surface area contributed by atoms with Gasteiger partial charge in [0.1, 0.15) is 30.5 Å². The van der Waals surface area contributed by atoms with Crippen LogP contribution in [0.2, 0.25) is 0 Å². The Morgan fingerprint density at radius 1 is 0.569 bits per heavy atom. The number of hydrogen-bond donors (Lipinski definition) is 4. The summed E-state index contributed by atoms with van der Waals surface area (Å²) < 4.78 is 22.8. The number of allylic oxidation sites excluding steroid dienone is 8. The second kappa shape index (κ2) is 40.6. The van der Waals surface area contributed by atoms with Crippen molar-refractivity contribution < 1.29 is 44.2 Å². The van der Waals surface area contributed by atoms with E-state index < -0.39 is 43.4 Å². The molecule has 1 heterocycles. The summed E-state index contributed by atoms with van der Waals surface area (Å²) >= 11 is 0. The van der Waals surface area contributed by atoms with Gasteiger partial charge in [-0.15, -0.1) is 0 Å². The first-order chi connectivity index (χ1) is 28.4. The normalized spacial score (nSPS) is 20.7. The van der Waals surface area contributed by atoms with E-state index in [4.69, 9.17) is 18.9 Å². The first-order valence-corrected chi connectivity index (χ1v) is 23.7. The molecule has 58 heavy (non-hydrogen) atoms. The maximum absolute atomic E-state index is 12.8. The molecule has 9 nitrogen and oxygen atoms in total. The van der Waals surface area contributed by atoms with E-state index in [1.807, 2.05) is 0 Å². The van der Waals surface area contributed by atoms with E-state index in [1.165, 1.54) is 103 Å². The van der Waals surface area contributed by atoms with Gasteiger partial charge in [-0.05, 0) is 70.6 Å². The van der Waals surface area contributed by atoms with E-state index in [0.717, 1.165) is 70.6 Å². The zero-order valence-corrected chi connectivity index (χ0v) is 37.0. The van der Waals surface area contributed by atoms with Crippen LogP contribution < -0.4 is 0 Å². The number of ether oxygens (including phenoxy) is 4. The summed E-state index contributed by atoms with van der Waals surface area (Å²) in [5, 5.41) is 40.1. The third-order valence-corrected chi connectivity index (χ3v) is 10.7. The first kappa shape index (κ1) is 54.2. The van der Waals surface area contributed by atoms with E-state index in [9.17, 15) is 25.2 Å². The predicted molar refractivity (Wildman–Crippen MR) is 238 cm³/mol. The number of aliphatic hydroxyl groups is 4. The van der Waals surface area contributed by atoms with Gasteiger partial charge < -0.3 is 39.4 Å². The van der Waals surface area contributed by atoms with Crippen molar-refractivity contribution in [2.24, 2.45) is 0 Å².